The van der Waals surface area contributed by atoms with Gasteiger partial charge in [-0.05, 0) is 15.9 Å². The van der Waals surface area contributed by atoms with Gasteiger partial charge >= 0.3 is 0 Å². The second kappa shape index (κ2) is 4.43. The molecule has 0 radical (unpaired) electrons. The van der Waals surface area contributed by atoms with Gasteiger partial charge in [0.05, 0.1) is 22.9 Å². The van der Waals surface area contributed by atoms with Crippen LogP contribution in [-0.4, -0.2) is 28.4 Å². The first-order chi connectivity index (χ1) is 6.81. The van der Waals surface area contributed by atoms with E-state index in [4.69, 9.17) is 10.6 Å². The molecule has 3 N–H and O–H groups in total. The summed E-state index contributed by atoms with van der Waals surface area (Å²) in [6, 6.07) is 0. The highest BCUT2D eigenvalue weighted by molar-refractivity contribution is 9.10. The van der Waals surface area contributed by atoms with E-state index < -0.39 is 0 Å². The van der Waals surface area contributed by atoms with E-state index in [0.29, 0.717) is 11.1 Å². The van der Waals surface area contributed by atoms with Crippen LogP contribution in [0, 0.1) is 0 Å². The molecule has 0 aliphatic carbocycles. The average molecular weight is 277 g/mol. The molecule has 0 spiro atoms. The topological polar surface area (TPSA) is 73.1 Å². The van der Waals surface area contributed by atoms with Gasteiger partial charge < -0.3 is 10.2 Å². The molecule has 0 aromatic carbocycles. The maximum Gasteiger partial charge on any atom is 0.158 e. The molecule has 1 aromatic rings. The van der Waals surface area contributed by atoms with E-state index in [1.165, 1.54) is 6.33 Å². The molecule has 14 heavy (non-hydrogen) atoms. The second-order valence-corrected chi connectivity index (χ2v) is 4.85. The van der Waals surface area contributed by atoms with Crippen molar-refractivity contribution >= 4 is 33.5 Å². The van der Waals surface area contributed by atoms with Gasteiger partial charge in [0, 0.05) is 0 Å². The lowest BCUT2D eigenvalue weighted by atomic mass is 10.4. The van der Waals surface area contributed by atoms with Crippen LogP contribution in [0.5, 0.6) is 0 Å². The van der Waals surface area contributed by atoms with Crippen LogP contribution in [0.15, 0.2) is 15.8 Å². The highest BCUT2D eigenvalue weighted by Gasteiger charge is 2.22. The number of rotatable bonds is 3. The third-order valence-electron chi connectivity index (χ3n) is 1.78. The molecule has 1 aliphatic rings. The van der Waals surface area contributed by atoms with Gasteiger partial charge in [0.2, 0.25) is 0 Å². The lowest BCUT2D eigenvalue weighted by molar-refractivity contribution is 0.0454. The minimum Gasteiger partial charge on any atom is -0.379 e. The summed E-state index contributed by atoms with van der Waals surface area (Å²) >= 11 is 5.06. The van der Waals surface area contributed by atoms with Crippen LogP contribution >= 0.6 is 27.7 Å². The minimum absolute atomic E-state index is 0.492. The molecule has 2 heterocycles. The van der Waals surface area contributed by atoms with Crippen LogP contribution in [0.4, 0.5) is 5.82 Å². The lowest BCUT2D eigenvalue weighted by Crippen LogP contribution is -2.30. The normalized spacial score (nSPS) is 16.4. The third-order valence-corrected chi connectivity index (χ3v) is 3.93. The summed E-state index contributed by atoms with van der Waals surface area (Å²) in [7, 11) is 0. The minimum atomic E-state index is 0.492. The Morgan fingerprint density at radius 1 is 1.57 bits per heavy atom. The molecular formula is C7H9BrN4OS. The average Bonchev–Trinajstić information content (AvgIpc) is 2.13. The van der Waals surface area contributed by atoms with Gasteiger partial charge in [-0.3, -0.25) is 0 Å². The Bertz CT molecular complexity index is 333. The van der Waals surface area contributed by atoms with Crippen LogP contribution in [0.3, 0.4) is 0 Å². The van der Waals surface area contributed by atoms with Gasteiger partial charge in [0.1, 0.15) is 11.4 Å². The largest absolute Gasteiger partial charge is 0.379 e. The van der Waals surface area contributed by atoms with Crippen molar-refractivity contribution in [2.24, 2.45) is 5.84 Å². The van der Waals surface area contributed by atoms with Gasteiger partial charge in [-0.25, -0.2) is 15.8 Å². The van der Waals surface area contributed by atoms with Crippen molar-refractivity contribution in [3.8, 4) is 0 Å². The summed E-state index contributed by atoms with van der Waals surface area (Å²) in [5.41, 5.74) is 2.50. The van der Waals surface area contributed by atoms with Crippen molar-refractivity contribution in [1.82, 2.24) is 9.97 Å². The van der Waals surface area contributed by atoms with Crippen molar-refractivity contribution in [2.45, 2.75) is 10.3 Å². The molecule has 0 amide bonds. The number of nitrogens with one attached hydrogen (secondary N) is 1. The van der Waals surface area contributed by atoms with Crippen molar-refractivity contribution in [3.05, 3.63) is 10.8 Å². The number of thioether (sulfide) groups is 1. The molecule has 1 saturated heterocycles. The maximum absolute atomic E-state index is 5.29. The molecule has 76 valence electrons. The second-order valence-electron chi connectivity index (χ2n) is 2.76. The number of aromatic nitrogens is 2. The van der Waals surface area contributed by atoms with Crippen LogP contribution in [-0.2, 0) is 4.74 Å². The molecule has 0 unspecified atom stereocenters. The van der Waals surface area contributed by atoms with E-state index in [-0.39, 0.29) is 0 Å². The Kier molecular flexibility index (Phi) is 3.22. The fraction of sp³-hybridized carbons (Fsp3) is 0.429. The van der Waals surface area contributed by atoms with Gasteiger partial charge in [-0.2, -0.15) is 0 Å². The number of hydrogen-bond acceptors (Lipinski definition) is 6. The molecular weight excluding hydrogens is 268 g/mol. The standard InChI is InChI=1S/C7H9BrN4OS/c8-5-6(12-9)10-3-11-7(5)14-4-1-13-2-4/h3-4H,1-2,9H2,(H,10,11,12). The quantitative estimate of drug-likeness (QED) is 0.488. The number of anilines is 1. The van der Waals surface area contributed by atoms with Crippen LogP contribution in [0.2, 0.25) is 0 Å². The molecule has 5 nitrogen and oxygen atoms in total. The van der Waals surface area contributed by atoms with Crippen molar-refractivity contribution in [2.75, 3.05) is 18.6 Å². The van der Waals surface area contributed by atoms with Gasteiger partial charge in [0.25, 0.3) is 0 Å². The van der Waals surface area contributed by atoms with Crippen molar-refractivity contribution < 1.29 is 4.74 Å². The number of nitrogens with zero attached hydrogens (tertiary/aromatic N) is 2. The summed E-state index contributed by atoms with van der Waals surface area (Å²) in [5.74, 6) is 5.89. The van der Waals surface area contributed by atoms with Gasteiger partial charge in [-0.1, -0.05) is 11.8 Å². The summed E-state index contributed by atoms with van der Waals surface area (Å²) in [6.45, 7) is 1.57. The van der Waals surface area contributed by atoms with E-state index >= 15 is 0 Å². The first kappa shape index (κ1) is 10.2. The Morgan fingerprint density at radius 2 is 2.36 bits per heavy atom. The predicted molar refractivity (Wildman–Crippen MR) is 58.0 cm³/mol. The number of ether oxygens (including phenoxy) is 1. The zero-order chi connectivity index (χ0) is 9.97. The molecule has 2 rings (SSSR count). The number of nitrogen functional groups attached to an aromatic ring is 1. The predicted octanol–water partition coefficient (Wildman–Crippen LogP) is 1.02. The zero-order valence-electron chi connectivity index (χ0n) is 7.24. The summed E-state index contributed by atoms with van der Waals surface area (Å²) in [4.78, 5) is 8.13. The molecule has 0 saturated carbocycles. The third kappa shape index (κ3) is 2.00. The molecule has 0 bridgehead atoms. The molecule has 0 atom stereocenters. The number of hydrazine groups is 1. The summed E-state index contributed by atoms with van der Waals surface area (Å²) in [5, 5.41) is 1.38. The van der Waals surface area contributed by atoms with E-state index in [2.05, 4.69) is 31.3 Å². The van der Waals surface area contributed by atoms with E-state index in [1.807, 2.05) is 0 Å². The van der Waals surface area contributed by atoms with E-state index in [9.17, 15) is 0 Å². The Labute approximate surface area is 93.9 Å². The first-order valence-electron chi connectivity index (χ1n) is 4.02. The highest BCUT2D eigenvalue weighted by Crippen LogP contribution is 2.34. The smallest absolute Gasteiger partial charge is 0.158 e. The van der Waals surface area contributed by atoms with Crippen LogP contribution in [0.1, 0.15) is 0 Å². The first-order valence-corrected chi connectivity index (χ1v) is 5.70. The Hall–Kier alpha value is -0.370. The van der Waals surface area contributed by atoms with Crippen molar-refractivity contribution in [3.63, 3.8) is 0 Å². The van der Waals surface area contributed by atoms with Gasteiger partial charge in [-0.15, -0.1) is 0 Å². The SMILES string of the molecule is NNc1ncnc(SC2COC2)c1Br. The van der Waals surface area contributed by atoms with Crippen molar-refractivity contribution in [1.29, 1.82) is 0 Å². The number of hydrogen-bond donors (Lipinski definition) is 2. The maximum atomic E-state index is 5.29. The monoisotopic (exact) mass is 276 g/mol. The lowest BCUT2D eigenvalue weighted by Gasteiger charge is -2.25. The molecule has 1 fully saturated rings. The van der Waals surface area contributed by atoms with Crippen LogP contribution < -0.4 is 11.3 Å². The molecule has 1 aromatic heterocycles. The van der Waals surface area contributed by atoms with Gasteiger partial charge in [0.15, 0.2) is 5.82 Å². The Balaban J connectivity index is 2.15. The number of nitrogens with two attached hydrogens (primary N) is 1. The summed E-state index contributed by atoms with van der Waals surface area (Å²) < 4.78 is 5.89. The van der Waals surface area contributed by atoms with E-state index in [0.717, 1.165) is 22.7 Å². The van der Waals surface area contributed by atoms with E-state index in [1.54, 1.807) is 11.8 Å². The fourth-order valence-corrected chi connectivity index (χ4v) is 2.53. The molecule has 1 aliphatic heterocycles. The highest BCUT2D eigenvalue weighted by atomic mass is 79.9. The molecule has 7 heteroatoms. The number of halogens is 1. The van der Waals surface area contributed by atoms with Crippen LogP contribution in [0.25, 0.3) is 0 Å². The fourth-order valence-electron chi connectivity index (χ4n) is 0.976. The summed E-state index contributed by atoms with van der Waals surface area (Å²) in [6.07, 6.45) is 1.49. The Morgan fingerprint density at radius 3 is 2.93 bits per heavy atom. The zero-order valence-corrected chi connectivity index (χ0v) is 9.64.